The van der Waals surface area contributed by atoms with E-state index in [1.54, 1.807) is 19.2 Å². The summed E-state index contributed by atoms with van der Waals surface area (Å²) in [6.45, 7) is 6.96. The van der Waals surface area contributed by atoms with E-state index in [4.69, 9.17) is 14.5 Å². The lowest BCUT2D eigenvalue weighted by molar-refractivity contribution is 0.0937. The van der Waals surface area contributed by atoms with Crippen LogP contribution in [0.25, 0.3) is 11.0 Å². The van der Waals surface area contributed by atoms with E-state index in [0.29, 0.717) is 24.5 Å². The number of para-hydroxylation sites is 2. The highest BCUT2D eigenvalue weighted by Gasteiger charge is 2.19. The van der Waals surface area contributed by atoms with E-state index in [-0.39, 0.29) is 11.9 Å². The topological polar surface area (TPSA) is 65.4 Å². The van der Waals surface area contributed by atoms with Gasteiger partial charge in [0.1, 0.15) is 5.82 Å². The van der Waals surface area contributed by atoms with Crippen LogP contribution in [0, 0.1) is 0 Å². The fourth-order valence-electron chi connectivity index (χ4n) is 4.14. The van der Waals surface area contributed by atoms with Crippen molar-refractivity contribution in [2.75, 3.05) is 13.7 Å². The average Bonchev–Trinajstić information content (AvgIpc) is 3.26. The van der Waals surface area contributed by atoms with Crippen LogP contribution in [0.4, 0.5) is 0 Å². The van der Waals surface area contributed by atoms with E-state index in [0.717, 1.165) is 45.5 Å². The molecule has 186 valence electrons. The Hall–Kier alpha value is -3.58. The number of benzene rings is 3. The summed E-state index contributed by atoms with van der Waals surface area (Å²) < 4.78 is 14.6. The first-order chi connectivity index (χ1) is 17.5. The third-order valence-electron chi connectivity index (χ3n) is 5.92. The van der Waals surface area contributed by atoms with E-state index < -0.39 is 0 Å². The molecule has 7 heteroatoms. The Morgan fingerprint density at radius 1 is 1.14 bits per heavy atom. The lowest BCUT2D eigenvalue weighted by Crippen LogP contribution is -2.28. The van der Waals surface area contributed by atoms with Gasteiger partial charge in [0.2, 0.25) is 0 Å². The van der Waals surface area contributed by atoms with Crippen molar-refractivity contribution in [2.45, 2.75) is 32.4 Å². The van der Waals surface area contributed by atoms with Crippen molar-refractivity contribution in [3.63, 3.8) is 0 Å². The number of allylic oxidation sites excluding steroid dienone is 1. The van der Waals surface area contributed by atoms with Crippen LogP contribution in [0.5, 0.6) is 11.5 Å². The Bertz CT molecular complexity index is 1350. The van der Waals surface area contributed by atoms with Crippen molar-refractivity contribution < 1.29 is 14.3 Å². The predicted molar refractivity (Wildman–Crippen MR) is 147 cm³/mol. The highest BCUT2D eigenvalue weighted by molar-refractivity contribution is 9.10. The number of amides is 1. The zero-order valence-corrected chi connectivity index (χ0v) is 22.1. The molecule has 6 nitrogen and oxygen atoms in total. The number of ether oxygens (including phenoxy) is 2. The Morgan fingerprint density at radius 2 is 1.92 bits per heavy atom. The summed E-state index contributed by atoms with van der Waals surface area (Å²) in [5.74, 6) is 2.11. The van der Waals surface area contributed by atoms with Crippen molar-refractivity contribution in [3.05, 3.63) is 101 Å². The second kappa shape index (κ2) is 11.9. The van der Waals surface area contributed by atoms with Gasteiger partial charge in [0.15, 0.2) is 11.5 Å². The van der Waals surface area contributed by atoms with E-state index in [9.17, 15) is 4.79 Å². The number of nitrogens with zero attached hydrogens (tertiary/aromatic N) is 2. The highest BCUT2D eigenvalue weighted by atomic mass is 79.9. The molecule has 3 aromatic carbocycles. The van der Waals surface area contributed by atoms with Gasteiger partial charge >= 0.3 is 0 Å². The predicted octanol–water partition coefficient (Wildman–Crippen LogP) is 6.50. The van der Waals surface area contributed by atoms with Crippen LogP contribution >= 0.6 is 15.9 Å². The normalized spacial score (nSPS) is 11.8. The van der Waals surface area contributed by atoms with Gasteiger partial charge in [-0.05, 0) is 73.9 Å². The molecule has 36 heavy (non-hydrogen) atoms. The lowest BCUT2D eigenvalue weighted by atomic mass is 10.1. The molecule has 0 fully saturated rings. The first-order valence-corrected chi connectivity index (χ1v) is 12.7. The lowest BCUT2D eigenvalue weighted by Gasteiger charge is -2.17. The molecule has 1 amide bonds. The van der Waals surface area contributed by atoms with Gasteiger partial charge in [0.05, 0.1) is 30.8 Å². The minimum absolute atomic E-state index is 0.135. The highest BCUT2D eigenvalue weighted by Crippen LogP contribution is 2.29. The molecule has 0 aliphatic heterocycles. The third-order valence-corrected chi connectivity index (χ3v) is 6.45. The number of methoxy groups -OCH3 is 1. The standard InChI is InChI=1S/C29H30BrN3O3/c1-4-8-21-11-16-26(27(19-21)35-3)36-18-7-17-33-25-10-6-5-9-24(25)32-28(33)20(2)31-29(34)22-12-14-23(30)15-13-22/h4-6,9-16,19-20H,1,7-8,17-18H2,2-3H3,(H,31,34). The summed E-state index contributed by atoms with van der Waals surface area (Å²) in [5, 5.41) is 3.09. The quantitative estimate of drug-likeness (QED) is 0.172. The zero-order valence-electron chi connectivity index (χ0n) is 20.5. The zero-order chi connectivity index (χ0) is 25.5. The summed E-state index contributed by atoms with van der Waals surface area (Å²) in [7, 11) is 1.65. The van der Waals surface area contributed by atoms with Crippen molar-refractivity contribution in [1.29, 1.82) is 0 Å². The minimum atomic E-state index is -0.271. The number of aromatic nitrogens is 2. The van der Waals surface area contributed by atoms with Crippen LogP contribution < -0.4 is 14.8 Å². The number of carbonyl (C=O) groups is 1. The molecule has 1 heterocycles. The summed E-state index contributed by atoms with van der Waals surface area (Å²) in [4.78, 5) is 17.6. The second-order valence-corrected chi connectivity index (χ2v) is 9.41. The van der Waals surface area contributed by atoms with Crippen molar-refractivity contribution in [1.82, 2.24) is 14.9 Å². The molecule has 1 unspecified atom stereocenters. The smallest absolute Gasteiger partial charge is 0.251 e. The molecule has 1 aromatic heterocycles. The van der Waals surface area contributed by atoms with E-state index in [1.165, 1.54) is 0 Å². The van der Waals surface area contributed by atoms with Crippen molar-refractivity contribution >= 4 is 32.9 Å². The maximum absolute atomic E-state index is 12.8. The van der Waals surface area contributed by atoms with Gasteiger partial charge in [0, 0.05) is 16.6 Å². The van der Waals surface area contributed by atoms with Crippen LogP contribution in [0.3, 0.4) is 0 Å². The fraction of sp³-hybridized carbons (Fsp3) is 0.241. The minimum Gasteiger partial charge on any atom is -0.493 e. The first kappa shape index (κ1) is 25.5. The van der Waals surface area contributed by atoms with Gasteiger partial charge in [0.25, 0.3) is 5.91 Å². The Morgan fingerprint density at radius 3 is 2.67 bits per heavy atom. The second-order valence-electron chi connectivity index (χ2n) is 8.49. The molecular formula is C29H30BrN3O3. The first-order valence-electron chi connectivity index (χ1n) is 11.9. The average molecular weight is 548 g/mol. The van der Waals surface area contributed by atoms with Crippen LogP contribution in [0.1, 0.15) is 41.1 Å². The van der Waals surface area contributed by atoms with Gasteiger partial charge in [-0.1, -0.05) is 40.2 Å². The third kappa shape index (κ3) is 5.97. The summed E-state index contributed by atoms with van der Waals surface area (Å²) in [6, 6.07) is 21.0. The van der Waals surface area contributed by atoms with Gasteiger partial charge in [-0.3, -0.25) is 4.79 Å². The molecule has 0 aliphatic carbocycles. The Kier molecular flexibility index (Phi) is 8.44. The Balaban J connectivity index is 1.46. The van der Waals surface area contributed by atoms with Crippen LogP contribution in [-0.2, 0) is 13.0 Å². The number of halogens is 1. The molecule has 0 bridgehead atoms. The summed E-state index contributed by atoms with van der Waals surface area (Å²) >= 11 is 3.41. The van der Waals surface area contributed by atoms with Gasteiger partial charge in [-0.2, -0.15) is 0 Å². The largest absolute Gasteiger partial charge is 0.493 e. The summed E-state index contributed by atoms with van der Waals surface area (Å²) in [5.41, 5.74) is 3.67. The van der Waals surface area contributed by atoms with Gasteiger partial charge < -0.3 is 19.4 Å². The maximum Gasteiger partial charge on any atom is 0.251 e. The molecule has 4 aromatic rings. The molecular weight excluding hydrogens is 518 g/mol. The SMILES string of the molecule is C=CCc1ccc(OCCCn2c(C(C)NC(=O)c3ccc(Br)cc3)nc3ccccc32)c(OC)c1. The molecule has 1 N–H and O–H groups in total. The number of hydrogen-bond donors (Lipinski definition) is 1. The fourth-order valence-corrected chi connectivity index (χ4v) is 4.40. The van der Waals surface area contributed by atoms with Crippen molar-refractivity contribution in [3.8, 4) is 11.5 Å². The molecule has 0 radical (unpaired) electrons. The number of fused-ring (bicyclic) bond motifs is 1. The van der Waals surface area contributed by atoms with E-state index in [2.05, 4.69) is 38.5 Å². The van der Waals surface area contributed by atoms with Gasteiger partial charge in [-0.25, -0.2) is 4.98 Å². The number of aryl methyl sites for hydroxylation is 1. The van der Waals surface area contributed by atoms with Gasteiger partial charge in [-0.15, -0.1) is 6.58 Å². The summed E-state index contributed by atoms with van der Waals surface area (Å²) in [6.07, 6.45) is 3.41. The van der Waals surface area contributed by atoms with Crippen LogP contribution in [0.15, 0.2) is 83.9 Å². The Labute approximate surface area is 220 Å². The number of carbonyl (C=O) groups excluding carboxylic acids is 1. The maximum atomic E-state index is 12.8. The van der Waals surface area contributed by atoms with Crippen LogP contribution in [-0.4, -0.2) is 29.2 Å². The van der Waals surface area contributed by atoms with E-state index in [1.807, 2.05) is 61.5 Å². The molecule has 0 spiro atoms. The van der Waals surface area contributed by atoms with E-state index >= 15 is 0 Å². The van der Waals surface area contributed by atoms with Crippen LogP contribution in [0.2, 0.25) is 0 Å². The number of nitrogens with one attached hydrogen (secondary N) is 1. The van der Waals surface area contributed by atoms with Crippen molar-refractivity contribution in [2.24, 2.45) is 0 Å². The number of hydrogen-bond acceptors (Lipinski definition) is 4. The molecule has 0 aliphatic rings. The monoisotopic (exact) mass is 547 g/mol. The molecule has 4 rings (SSSR count). The molecule has 1 atom stereocenters. The molecule has 0 saturated carbocycles. The number of imidazole rings is 1. The molecule has 0 saturated heterocycles. The number of rotatable bonds is 11.